The molecule has 1 heteroatoms. The van der Waals surface area contributed by atoms with Gasteiger partial charge in [-0.1, -0.05) is 72.6 Å². The molecule has 4 rings (SSSR count). The molecule has 0 aliphatic carbocycles. The molecule has 0 heterocycles. The van der Waals surface area contributed by atoms with E-state index in [0.717, 1.165) is 0 Å². The molecule has 0 amide bonds. The predicted molar refractivity (Wildman–Crippen MR) is 99.1 cm³/mol. The Kier molecular flexibility index (Phi) is 1.61. The van der Waals surface area contributed by atoms with Gasteiger partial charge >= 0.3 is 0 Å². The minimum Gasteiger partial charge on any atom is -0.356 e. The van der Waals surface area contributed by atoms with Crippen molar-refractivity contribution in [3.8, 4) is 11.1 Å². The minimum absolute atomic E-state index is 0.106. The van der Waals surface area contributed by atoms with Crippen LogP contribution in [-0.2, 0) is 0 Å². The fraction of sp³-hybridized carbons (Fsp3) is 0. The molecule has 23 heavy (non-hydrogen) atoms. The highest BCUT2D eigenvalue weighted by Gasteiger charge is 2.03. The first-order valence-corrected chi connectivity index (χ1v) is 6.91. The second-order valence-corrected chi connectivity index (χ2v) is 4.74. The summed E-state index contributed by atoms with van der Waals surface area (Å²) >= 11 is 0. The van der Waals surface area contributed by atoms with Crippen molar-refractivity contribution >= 4 is 22.1 Å². The molecule has 0 aliphatic rings. The largest absolute Gasteiger partial charge is 0.356 e. The summed E-state index contributed by atoms with van der Waals surface area (Å²) in [6.07, 6.45) is 0. The first kappa shape index (κ1) is 6.21. The Bertz CT molecular complexity index is 1450. The lowest BCUT2D eigenvalue weighted by Gasteiger charge is -2.09. The Morgan fingerprint density at radius 1 is 0.652 bits per heavy atom. The molecule has 0 radical (unpaired) electrons. The summed E-state index contributed by atoms with van der Waals surface area (Å²) in [7, 11) is 0. The first-order chi connectivity index (χ1) is 16.0. The van der Waals surface area contributed by atoms with E-state index in [0.29, 0.717) is 5.69 Å². The number of hydrogen-bond acceptors (Lipinski definition) is 1. The monoisotopic (exact) mass is 306 g/mol. The van der Waals surface area contributed by atoms with E-state index in [2.05, 4.69) is 5.32 Å². The summed E-state index contributed by atoms with van der Waals surface area (Å²) in [5, 5.41) is 2.25. The van der Waals surface area contributed by atoms with Crippen molar-refractivity contribution in [3.05, 3.63) is 96.8 Å². The maximum Gasteiger partial charge on any atom is 0.0645 e. The molecule has 4 aromatic carbocycles. The number of anilines is 2. The summed E-state index contributed by atoms with van der Waals surface area (Å²) in [5.41, 5.74) is -0.289. The quantitative estimate of drug-likeness (QED) is 0.471. The molecular formula is C22H17N. The lowest BCUT2D eigenvalue weighted by atomic mass is 9.98. The van der Waals surface area contributed by atoms with Crippen molar-refractivity contribution in [2.45, 2.75) is 0 Å². The fourth-order valence-electron chi connectivity index (χ4n) is 2.17. The van der Waals surface area contributed by atoms with Crippen LogP contribution in [0.1, 0.15) is 15.1 Å². The van der Waals surface area contributed by atoms with Gasteiger partial charge in [-0.2, -0.15) is 0 Å². The maximum absolute atomic E-state index is 8.58. The third kappa shape index (κ3) is 2.82. The van der Waals surface area contributed by atoms with Gasteiger partial charge in [0.1, 0.15) is 0 Å². The topological polar surface area (TPSA) is 12.0 Å². The van der Waals surface area contributed by atoms with Crippen molar-refractivity contribution in [1.82, 2.24) is 0 Å². The van der Waals surface area contributed by atoms with Crippen LogP contribution in [0.15, 0.2) is 96.8 Å². The molecule has 0 atom stereocenters. The molecule has 110 valence electrons. The van der Waals surface area contributed by atoms with Crippen LogP contribution < -0.4 is 5.32 Å². The van der Waals surface area contributed by atoms with E-state index in [1.54, 1.807) is 30.3 Å². The molecule has 0 fully saturated rings. The smallest absolute Gasteiger partial charge is 0.0645 e. The second-order valence-electron chi connectivity index (χ2n) is 4.74. The van der Waals surface area contributed by atoms with Crippen LogP contribution in [0.3, 0.4) is 0 Å². The highest BCUT2D eigenvalue weighted by atomic mass is 14.9. The van der Waals surface area contributed by atoms with Gasteiger partial charge in [0, 0.05) is 11.4 Å². The van der Waals surface area contributed by atoms with Crippen LogP contribution >= 0.6 is 0 Å². The number of para-hydroxylation sites is 1. The van der Waals surface area contributed by atoms with E-state index in [4.69, 9.17) is 15.1 Å². The Balaban J connectivity index is 2.14. The third-order valence-electron chi connectivity index (χ3n) is 3.23. The summed E-state index contributed by atoms with van der Waals surface area (Å²) in [4.78, 5) is 0. The zero-order valence-electron chi connectivity index (χ0n) is 22.9. The summed E-state index contributed by atoms with van der Waals surface area (Å²) < 4.78 is 91.5. The van der Waals surface area contributed by atoms with Gasteiger partial charge in [0.15, 0.2) is 0 Å². The van der Waals surface area contributed by atoms with Gasteiger partial charge in [-0.25, -0.2) is 0 Å². The Hall–Kier alpha value is -3.06. The van der Waals surface area contributed by atoms with Gasteiger partial charge in [0.2, 0.25) is 0 Å². The third-order valence-corrected chi connectivity index (χ3v) is 3.23. The maximum atomic E-state index is 8.58. The zero-order chi connectivity index (χ0) is 25.1. The fourth-order valence-corrected chi connectivity index (χ4v) is 2.17. The number of fused-ring (bicyclic) bond motifs is 1. The second kappa shape index (κ2) is 5.98. The van der Waals surface area contributed by atoms with E-state index in [1.165, 1.54) is 0 Å². The highest BCUT2D eigenvalue weighted by Crippen LogP contribution is 2.29. The number of rotatable bonds is 3. The van der Waals surface area contributed by atoms with Gasteiger partial charge in [-0.05, 0) is 46.1 Å². The summed E-state index contributed by atoms with van der Waals surface area (Å²) in [6, 6.07) is 2.39. The van der Waals surface area contributed by atoms with E-state index >= 15 is 0 Å². The predicted octanol–water partition coefficient (Wildman–Crippen LogP) is 6.25. The highest BCUT2D eigenvalue weighted by molar-refractivity contribution is 5.96. The van der Waals surface area contributed by atoms with Crippen LogP contribution in [0.4, 0.5) is 11.4 Å². The molecule has 0 bridgehead atoms. The molecule has 4 aromatic rings. The molecule has 0 saturated carbocycles. The van der Waals surface area contributed by atoms with Crippen molar-refractivity contribution in [1.29, 1.82) is 0 Å². The molecule has 1 nitrogen and oxygen atoms in total. The molecule has 0 unspecified atom stereocenters. The van der Waals surface area contributed by atoms with Gasteiger partial charge in [0.25, 0.3) is 0 Å². The standard InChI is InChI=1S/C22H17N/c1-2-9-19(10-3-1)23-20-15-13-18(14-16-20)22-12-6-8-17-7-4-5-11-21(17)22/h1-16,23H/i4D,5D,6D,7D,8D,11D,12D,13D,14D,15D,16D. The van der Waals surface area contributed by atoms with E-state index in [9.17, 15) is 0 Å². The van der Waals surface area contributed by atoms with Crippen LogP contribution in [-0.4, -0.2) is 0 Å². The molecule has 0 aliphatic heterocycles. The number of hydrogen-bond donors (Lipinski definition) is 1. The van der Waals surface area contributed by atoms with Gasteiger partial charge in [-0.3, -0.25) is 0 Å². The number of benzene rings is 4. The van der Waals surface area contributed by atoms with Gasteiger partial charge < -0.3 is 5.32 Å². The van der Waals surface area contributed by atoms with Crippen LogP contribution in [0.5, 0.6) is 0 Å². The summed E-state index contributed by atoms with van der Waals surface area (Å²) in [5.74, 6) is 0. The van der Waals surface area contributed by atoms with E-state index in [-0.39, 0.29) is 27.6 Å². The van der Waals surface area contributed by atoms with Crippen LogP contribution in [0.2, 0.25) is 0 Å². The Labute approximate surface area is 151 Å². The average molecular weight is 306 g/mol. The van der Waals surface area contributed by atoms with E-state index in [1.807, 2.05) is 0 Å². The van der Waals surface area contributed by atoms with Crippen molar-refractivity contribution in [3.63, 3.8) is 0 Å². The lowest BCUT2D eigenvalue weighted by molar-refractivity contribution is 1.55. The van der Waals surface area contributed by atoms with Gasteiger partial charge in [-0.15, -0.1) is 0 Å². The van der Waals surface area contributed by atoms with Crippen LogP contribution in [0.25, 0.3) is 21.9 Å². The first-order valence-electron chi connectivity index (χ1n) is 12.4. The van der Waals surface area contributed by atoms with Crippen molar-refractivity contribution in [2.24, 2.45) is 0 Å². The average Bonchev–Trinajstić information content (AvgIpc) is 2.83. The molecule has 0 spiro atoms. The normalized spacial score (nSPS) is 17.3. The molecule has 1 N–H and O–H groups in total. The minimum atomic E-state index is -0.643. The lowest BCUT2D eigenvalue weighted by Crippen LogP contribution is -1.89. The summed E-state index contributed by atoms with van der Waals surface area (Å²) in [6.45, 7) is 0. The molecular weight excluding hydrogens is 278 g/mol. The van der Waals surface area contributed by atoms with Crippen molar-refractivity contribution < 1.29 is 15.1 Å². The van der Waals surface area contributed by atoms with Crippen molar-refractivity contribution in [2.75, 3.05) is 5.32 Å². The SMILES string of the molecule is [2H]c1c([2H])c(-c2c([2H])c([2H])c([2H])c3c([2H])c([2H])c([2H])c([2H])c23)c([2H])c([2H])c1Nc1ccccc1. The Morgan fingerprint density at radius 2 is 1.39 bits per heavy atom. The molecule has 0 aromatic heterocycles. The Morgan fingerprint density at radius 3 is 2.22 bits per heavy atom. The van der Waals surface area contributed by atoms with E-state index < -0.39 is 66.5 Å². The number of nitrogens with one attached hydrogen (secondary N) is 1. The van der Waals surface area contributed by atoms with Crippen LogP contribution in [0, 0.1) is 0 Å². The zero-order valence-corrected chi connectivity index (χ0v) is 11.9. The molecule has 0 saturated heterocycles. The van der Waals surface area contributed by atoms with Gasteiger partial charge in [0.05, 0.1) is 15.1 Å².